The lowest BCUT2D eigenvalue weighted by molar-refractivity contribution is 0.0502. The molecular weight excluding hydrogens is 444 g/mol. The highest BCUT2D eigenvalue weighted by molar-refractivity contribution is 5.68. The number of pyridine rings is 2. The number of anilines is 4. The van der Waals surface area contributed by atoms with Crippen LogP contribution in [0.5, 0.6) is 0 Å². The number of amides is 1. The second-order valence-corrected chi connectivity index (χ2v) is 8.73. The molecule has 0 aliphatic rings. The molecule has 2 rings (SSSR count). The maximum Gasteiger partial charge on any atom is 0.407 e. The van der Waals surface area contributed by atoms with Gasteiger partial charge in [-0.1, -0.05) is 13.3 Å². The van der Waals surface area contributed by atoms with Crippen LogP contribution < -0.4 is 21.3 Å². The highest BCUT2D eigenvalue weighted by Gasteiger charge is 2.24. The van der Waals surface area contributed by atoms with Crippen LogP contribution in [0.25, 0.3) is 0 Å². The fraction of sp³-hybridized carbons (Fsp3) is 0.478. The first-order chi connectivity index (χ1) is 16.0. The van der Waals surface area contributed by atoms with Gasteiger partial charge in [0, 0.05) is 25.2 Å². The van der Waals surface area contributed by atoms with Gasteiger partial charge in [-0.05, 0) is 40.2 Å². The minimum absolute atomic E-state index is 0.0350. The van der Waals surface area contributed by atoms with Crippen LogP contribution in [-0.4, -0.2) is 40.8 Å². The van der Waals surface area contributed by atoms with Gasteiger partial charge in [0.05, 0.1) is 17.4 Å². The van der Waals surface area contributed by atoms with Crippen LogP contribution >= 0.6 is 0 Å². The Kier molecular flexibility index (Phi) is 8.95. The molecule has 0 saturated carbocycles. The van der Waals surface area contributed by atoms with E-state index in [1.54, 1.807) is 27.7 Å². The van der Waals surface area contributed by atoms with Gasteiger partial charge in [-0.15, -0.1) is 0 Å². The summed E-state index contributed by atoms with van der Waals surface area (Å²) in [6.07, 6.45) is 2.13. The lowest BCUT2D eigenvalue weighted by Gasteiger charge is -2.28. The van der Waals surface area contributed by atoms with E-state index in [2.05, 4.69) is 31.2 Å². The molecule has 2 atom stereocenters. The van der Waals surface area contributed by atoms with E-state index in [0.717, 1.165) is 12.5 Å². The van der Waals surface area contributed by atoms with Gasteiger partial charge < -0.3 is 26.0 Å². The Balaban J connectivity index is 2.28. The summed E-state index contributed by atoms with van der Waals surface area (Å²) in [5.74, 6) is -1.35. The molecule has 2 heterocycles. The van der Waals surface area contributed by atoms with Crippen LogP contribution in [0, 0.1) is 23.0 Å². The fourth-order valence-electron chi connectivity index (χ4n) is 3.13. The molecule has 34 heavy (non-hydrogen) atoms. The molecule has 0 aliphatic carbocycles. The molecule has 9 nitrogen and oxygen atoms in total. The average molecular weight is 476 g/mol. The van der Waals surface area contributed by atoms with Gasteiger partial charge in [0.2, 0.25) is 0 Å². The van der Waals surface area contributed by atoms with Crippen molar-refractivity contribution < 1.29 is 18.3 Å². The van der Waals surface area contributed by atoms with Crippen molar-refractivity contribution in [1.82, 2.24) is 15.3 Å². The second-order valence-electron chi connectivity index (χ2n) is 8.73. The maximum atomic E-state index is 14.8. The minimum atomic E-state index is -0.734. The first kappa shape index (κ1) is 26.6. The zero-order chi connectivity index (χ0) is 25.5. The number of nitriles is 1. The molecule has 184 valence electrons. The highest BCUT2D eigenvalue weighted by atomic mass is 19.1. The predicted molar refractivity (Wildman–Crippen MR) is 127 cm³/mol. The van der Waals surface area contributed by atoms with E-state index < -0.39 is 29.4 Å². The van der Waals surface area contributed by atoms with Crippen molar-refractivity contribution in [1.29, 1.82) is 5.26 Å². The smallest absolute Gasteiger partial charge is 0.407 e. The monoisotopic (exact) mass is 475 g/mol. The van der Waals surface area contributed by atoms with Crippen molar-refractivity contribution in [3.63, 3.8) is 0 Å². The van der Waals surface area contributed by atoms with Crippen LogP contribution in [0.1, 0.15) is 53.0 Å². The third kappa shape index (κ3) is 7.43. The Morgan fingerprint density at radius 1 is 1.21 bits per heavy atom. The van der Waals surface area contributed by atoms with E-state index in [1.807, 2.05) is 13.0 Å². The molecule has 0 unspecified atom stereocenters. The predicted octanol–water partition coefficient (Wildman–Crippen LogP) is 4.91. The number of nitrogens with zero attached hydrogens (tertiary/aromatic N) is 3. The molecule has 2 aromatic heterocycles. The molecule has 11 heteroatoms. The largest absolute Gasteiger partial charge is 0.444 e. The van der Waals surface area contributed by atoms with Crippen molar-refractivity contribution in [3.8, 4) is 6.07 Å². The summed E-state index contributed by atoms with van der Waals surface area (Å²) in [5, 5.41) is 20.6. The van der Waals surface area contributed by atoms with Gasteiger partial charge >= 0.3 is 6.09 Å². The quantitative estimate of drug-likeness (QED) is 0.403. The van der Waals surface area contributed by atoms with E-state index >= 15 is 0 Å². The number of hydrogen-bond acceptors (Lipinski definition) is 8. The normalized spacial score (nSPS) is 12.8. The van der Waals surface area contributed by atoms with E-state index in [-0.39, 0.29) is 34.7 Å². The van der Waals surface area contributed by atoms with E-state index in [9.17, 15) is 18.8 Å². The van der Waals surface area contributed by atoms with Crippen LogP contribution in [0.15, 0.2) is 18.3 Å². The number of carbonyl (C=O) groups is 1. The molecule has 0 bridgehead atoms. The first-order valence-corrected chi connectivity index (χ1v) is 10.9. The highest BCUT2D eigenvalue weighted by Crippen LogP contribution is 2.25. The summed E-state index contributed by atoms with van der Waals surface area (Å²) in [7, 11) is 1.54. The zero-order valence-corrected chi connectivity index (χ0v) is 20.2. The van der Waals surface area contributed by atoms with Gasteiger partial charge in [-0.2, -0.15) is 5.26 Å². The summed E-state index contributed by atoms with van der Waals surface area (Å²) < 4.78 is 34.1. The van der Waals surface area contributed by atoms with Gasteiger partial charge in [0.25, 0.3) is 0 Å². The molecule has 0 radical (unpaired) electrons. The number of carbonyl (C=O) groups excluding carboxylic acids is 1. The minimum Gasteiger partial charge on any atom is -0.444 e. The van der Waals surface area contributed by atoms with E-state index in [0.29, 0.717) is 6.42 Å². The zero-order valence-electron chi connectivity index (χ0n) is 20.2. The number of ether oxygens (including phenoxy) is 1. The van der Waals surface area contributed by atoms with Crippen LogP contribution in [0.4, 0.5) is 36.7 Å². The number of rotatable bonds is 9. The molecule has 0 fully saturated rings. The summed E-state index contributed by atoms with van der Waals surface area (Å²) in [6.45, 7) is 9.02. The fourth-order valence-corrected chi connectivity index (χ4v) is 3.13. The Labute approximate surface area is 198 Å². The number of hydrogen-bond donors (Lipinski definition) is 4. The first-order valence-electron chi connectivity index (χ1n) is 10.9. The van der Waals surface area contributed by atoms with Crippen LogP contribution in [0.2, 0.25) is 0 Å². The van der Waals surface area contributed by atoms with Gasteiger partial charge in [-0.25, -0.2) is 23.5 Å². The van der Waals surface area contributed by atoms with Gasteiger partial charge in [-0.3, -0.25) is 0 Å². The number of halogens is 2. The van der Waals surface area contributed by atoms with Crippen LogP contribution in [0.3, 0.4) is 0 Å². The molecule has 0 saturated heterocycles. The number of nitrogens with one attached hydrogen (secondary N) is 4. The molecule has 0 aromatic carbocycles. The molecule has 0 aliphatic heterocycles. The Morgan fingerprint density at radius 2 is 1.88 bits per heavy atom. The third-order valence-corrected chi connectivity index (χ3v) is 4.71. The lowest BCUT2D eigenvalue weighted by Crippen LogP contribution is -2.46. The average Bonchev–Trinajstić information content (AvgIpc) is 2.74. The SMILES string of the molecule is CCC[C@@H](Nc1nc(Nc2cnc(NC)c(F)c2)c(C#N)cc1F)[C@H](C)NC(=O)OC(C)(C)C. The maximum absolute atomic E-state index is 14.8. The Hall–Kier alpha value is -3.68. The number of alkyl carbamates (subject to hydrolysis) is 1. The number of aromatic nitrogens is 2. The van der Waals surface area contributed by atoms with E-state index in [4.69, 9.17) is 4.74 Å². The van der Waals surface area contributed by atoms with Gasteiger partial charge in [0.15, 0.2) is 29.1 Å². The van der Waals surface area contributed by atoms with Crippen molar-refractivity contribution >= 4 is 29.2 Å². The summed E-state index contributed by atoms with van der Waals surface area (Å²) >= 11 is 0. The molecule has 1 amide bonds. The van der Waals surface area contributed by atoms with Crippen molar-refractivity contribution in [3.05, 3.63) is 35.5 Å². The lowest BCUT2D eigenvalue weighted by atomic mass is 10.0. The van der Waals surface area contributed by atoms with Gasteiger partial charge in [0.1, 0.15) is 11.7 Å². The summed E-state index contributed by atoms with van der Waals surface area (Å²) in [6, 6.07) is 3.30. The standard InChI is InChI=1S/C23H31F2N7O2/c1-7-8-18(13(2)29-22(33)34-23(3,4)5)31-21-16(24)9-14(11-26)19(32-21)30-15-10-17(25)20(27-6)28-12-15/h9-10,12-13,18H,7-8H2,1-6H3,(H,27,28)(H,29,33)(H2,30,31,32)/t13-,18+/m0/s1. The summed E-state index contributed by atoms with van der Waals surface area (Å²) in [4.78, 5) is 20.3. The second kappa shape index (κ2) is 11.4. The molecular formula is C23H31F2N7O2. The van der Waals surface area contributed by atoms with Crippen molar-refractivity contribution in [2.24, 2.45) is 0 Å². The third-order valence-electron chi connectivity index (χ3n) is 4.71. The van der Waals surface area contributed by atoms with Crippen LogP contribution in [-0.2, 0) is 4.74 Å². The Morgan fingerprint density at radius 3 is 2.44 bits per heavy atom. The topological polar surface area (TPSA) is 124 Å². The molecule has 0 spiro atoms. The molecule has 2 aromatic rings. The van der Waals surface area contributed by atoms with Crippen molar-refractivity contribution in [2.75, 3.05) is 23.0 Å². The van der Waals surface area contributed by atoms with Crippen molar-refractivity contribution in [2.45, 2.75) is 65.1 Å². The summed E-state index contributed by atoms with van der Waals surface area (Å²) in [5.41, 5.74) is -0.477. The van der Waals surface area contributed by atoms with E-state index in [1.165, 1.54) is 19.3 Å². The Bertz CT molecular complexity index is 1050. The molecule has 4 N–H and O–H groups in total.